The van der Waals surface area contributed by atoms with Gasteiger partial charge in [0.05, 0.1) is 6.61 Å². The molecule has 2 aliphatic rings. The number of aromatic nitrogens is 3. The third-order valence-electron chi connectivity index (χ3n) is 5.24. The fourth-order valence-corrected chi connectivity index (χ4v) is 3.94. The zero-order chi connectivity index (χ0) is 19.0. The summed E-state index contributed by atoms with van der Waals surface area (Å²) in [6, 6.07) is 7.76. The van der Waals surface area contributed by atoms with Crippen molar-refractivity contribution >= 4 is 11.7 Å². The molecule has 0 unspecified atom stereocenters. The molecule has 2 heterocycles. The topological polar surface area (TPSA) is 69.0 Å². The molecule has 2 aromatic rings. The average Bonchev–Trinajstić information content (AvgIpc) is 3.08. The molecular weight excluding hydrogens is 340 g/mol. The van der Waals surface area contributed by atoms with Gasteiger partial charge in [-0.25, -0.2) is 4.68 Å². The molecule has 4 rings (SSSR count). The molecule has 0 bridgehead atoms. The van der Waals surface area contributed by atoms with Crippen LogP contribution in [0.2, 0.25) is 0 Å². The molecule has 6 heteroatoms. The van der Waals surface area contributed by atoms with Gasteiger partial charge >= 0.3 is 0 Å². The zero-order valence-electron chi connectivity index (χ0n) is 16.2. The highest BCUT2D eigenvalue weighted by Crippen LogP contribution is 2.45. The van der Waals surface area contributed by atoms with Crippen molar-refractivity contribution in [3.05, 3.63) is 47.4 Å². The predicted molar refractivity (Wildman–Crippen MR) is 104 cm³/mol. The van der Waals surface area contributed by atoms with Crippen molar-refractivity contribution in [2.24, 2.45) is 5.41 Å². The summed E-state index contributed by atoms with van der Waals surface area (Å²) in [6.45, 7) is 7.13. The minimum atomic E-state index is -0.243. The van der Waals surface area contributed by atoms with Crippen LogP contribution < -0.4 is 10.1 Å². The van der Waals surface area contributed by atoms with E-state index in [2.05, 4.69) is 36.2 Å². The van der Waals surface area contributed by atoms with Gasteiger partial charge in [0.1, 0.15) is 18.1 Å². The van der Waals surface area contributed by atoms with Crippen LogP contribution in [0.15, 0.2) is 41.9 Å². The number of nitrogens with zero attached hydrogens (tertiary/aromatic N) is 3. The van der Waals surface area contributed by atoms with E-state index in [0.29, 0.717) is 12.4 Å². The Bertz CT molecular complexity index is 880. The molecule has 0 fully saturated rings. The van der Waals surface area contributed by atoms with Crippen LogP contribution in [0.1, 0.15) is 58.1 Å². The quantitative estimate of drug-likeness (QED) is 0.806. The van der Waals surface area contributed by atoms with E-state index in [9.17, 15) is 4.79 Å². The molecule has 27 heavy (non-hydrogen) atoms. The van der Waals surface area contributed by atoms with Gasteiger partial charge in [0.15, 0.2) is 5.78 Å². The zero-order valence-corrected chi connectivity index (χ0v) is 16.2. The molecule has 142 valence electrons. The van der Waals surface area contributed by atoms with Crippen LogP contribution in [0, 0.1) is 5.41 Å². The number of allylic oxidation sites excluding steroid dienone is 2. The monoisotopic (exact) mass is 366 g/mol. The summed E-state index contributed by atoms with van der Waals surface area (Å²) in [5.41, 5.74) is 2.76. The third-order valence-corrected chi connectivity index (χ3v) is 5.24. The maximum Gasteiger partial charge on any atom is 0.226 e. The van der Waals surface area contributed by atoms with Gasteiger partial charge < -0.3 is 10.1 Å². The largest absolute Gasteiger partial charge is 0.494 e. The number of rotatable bonds is 5. The van der Waals surface area contributed by atoms with E-state index in [1.54, 1.807) is 0 Å². The summed E-state index contributed by atoms with van der Waals surface area (Å²) in [5.74, 6) is 1.72. The summed E-state index contributed by atoms with van der Waals surface area (Å²) >= 11 is 0. The number of ketones is 1. The Labute approximate surface area is 159 Å². The Morgan fingerprint density at radius 2 is 2.04 bits per heavy atom. The Morgan fingerprint density at radius 3 is 2.78 bits per heavy atom. The lowest BCUT2D eigenvalue weighted by atomic mass is 9.73. The van der Waals surface area contributed by atoms with Crippen LogP contribution in [0.25, 0.3) is 0 Å². The lowest BCUT2D eigenvalue weighted by Crippen LogP contribution is -2.36. The number of hydrogen-bond acceptors (Lipinski definition) is 5. The van der Waals surface area contributed by atoms with E-state index < -0.39 is 0 Å². The first-order valence-corrected chi connectivity index (χ1v) is 9.64. The van der Waals surface area contributed by atoms with E-state index in [0.717, 1.165) is 48.5 Å². The molecule has 1 aliphatic heterocycles. The van der Waals surface area contributed by atoms with Crippen LogP contribution in [0.4, 0.5) is 5.95 Å². The number of anilines is 1. The Morgan fingerprint density at radius 1 is 1.26 bits per heavy atom. The van der Waals surface area contributed by atoms with E-state index >= 15 is 0 Å². The maximum absolute atomic E-state index is 13.0. The van der Waals surface area contributed by atoms with Crippen molar-refractivity contribution in [3.63, 3.8) is 0 Å². The highest BCUT2D eigenvalue weighted by Gasteiger charge is 2.41. The van der Waals surface area contributed by atoms with Crippen molar-refractivity contribution in [2.75, 3.05) is 11.9 Å². The van der Waals surface area contributed by atoms with Crippen molar-refractivity contribution in [3.8, 4) is 5.75 Å². The molecular formula is C21H26N4O2. The molecule has 0 radical (unpaired) electrons. The molecule has 0 saturated heterocycles. The number of carbonyl (C=O) groups is 1. The average molecular weight is 366 g/mol. The van der Waals surface area contributed by atoms with Gasteiger partial charge in [-0.3, -0.25) is 4.79 Å². The predicted octanol–water partition coefficient (Wildman–Crippen LogP) is 4.12. The summed E-state index contributed by atoms with van der Waals surface area (Å²) in [7, 11) is 0. The van der Waals surface area contributed by atoms with Crippen molar-refractivity contribution in [2.45, 2.75) is 52.5 Å². The molecule has 1 aliphatic carbocycles. The van der Waals surface area contributed by atoms with Crippen LogP contribution in [-0.2, 0) is 4.79 Å². The SMILES string of the molecule is CCCCOc1ccc([C@H]2C3=C(CC(C)(C)CC3=O)Nc3ncnn32)cc1. The molecule has 1 N–H and O–H groups in total. The molecule has 0 saturated carbocycles. The summed E-state index contributed by atoms with van der Waals surface area (Å²) in [6.07, 6.45) is 5.06. The second-order valence-electron chi connectivity index (χ2n) is 8.16. The molecule has 6 nitrogen and oxygen atoms in total. The lowest BCUT2D eigenvalue weighted by Gasteiger charge is -2.38. The van der Waals surface area contributed by atoms with Crippen molar-refractivity contribution in [1.29, 1.82) is 0 Å². The number of benzene rings is 1. The van der Waals surface area contributed by atoms with Crippen LogP contribution >= 0.6 is 0 Å². The first kappa shape index (κ1) is 17.8. The molecule has 0 amide bonds. The summed E-state index contributed by atoms with van der Waals surface area (Å²) < 4.78 is 7.58. The second kappa shape index (κ2) is 6.83. The normalized spacial score (nSPS) is 20.7. The fourth-order valence-electron chi connectivity index (χ4n) is 3.94. The summed E-state index contributed by atoms with van der Waals surface area (Å²) in [5, 5.41) is 7.72. The van der Waals surface area contributed by atoms with E-state index in [4.69, 9.17) is 4.74 Å². The third kappa shape index (κ3) is 3.36. The van der Waals surface area contributed by atoms with Crippen LogP contribution in [0.5, 0.6) is 5.75 Å². The second-order valence-corrected chi connectivity index (χ2v) is 8.16. The van der Waals surface area contributed by atoms with Crippen LogP contribution in [-0.4, -0.2) is 27.2 Å². The van der Waals surface area contributed by atoms with Gasteiger partial charge in [-0.05, 0) is 36.0 Å². The molecule has 1 aromatic heterocycles. The Hall–Kier alpha value is -2.63. The van der Waals surface area contributed by atoms with Gasteiger partial charge in [0.25, 0.3) is 0 Å². The van der Waals surface area contributed by atoms with Crippen LogP contribution in [0.3, 0.4) is 0 Å². The first-order chi connectivity index (χ1) is 13.0. The van der Waals surface area contributed by atoms with Gasteiger partial charge in [0.2, 0.25) is 5.95 Å². The Balaban J connectivity index is 1.70. The smallest absolute Gasteiger partial charge is 0.226 e. The van der Waals surface area contributed by atoms with E-state index in [1.807, 2.05) is 28.9 Å². The minimum Gasteiger partial charge on any atom is -0.494 e. The number of fused-ring (bicyclic) bond motifs is 1. The molecule has 0 spiro atoms. The Kier molecular flexibility index (Phi) is 4.50. The fraction of sp³-hybridized carbons (Fsp3) is 0.476. The number of nitrogens with one attached hydrogen (secondary N) is 1. The first-order valence-electron chi connectivity index (χ1n) is 9.64. The lowest BCUT2D eigenvalue weighted by molar-refractivity contribution is -0.118. The van der Waals surface area contributed by atoms with E-state index in [1.165, 1.54) is 6.33 Å². The summed E-state index contributed by atoms with van der Waals surface area (Å²) in [4.78, 5) is 17.4. The number of Topliss-reactive ketones (excluding diaryl/α,β-unsaturated/α-hetero) is 1. The minimum absolute atomic E-state index is 0.0490. The van der Waals surface area contributed by atoms with Gasteiger partial charge in [-0.1, -0.05) is 39.3 Å². The highest BCUT2D eigenvalue weighted by molar-refractivity contribution is 6.00. The van der Waals surface area contributed by atoms with Crippen molar-refractivity contribution in [1.82, 2.24) is 14.8 Å². The molecule has 1 atom stereocenters. The van der Waals surface area contributed by atoms with Gasteiger partial charge in [0, 0.05) is 17.7 Å². The number of carbonyl (C=O) groups excluding carboxylic acids is 1. The van der Waals surface area contributed by atoms with E-state index in [-0.39, 0.29) is 17.2 Å². The maximum atomic E-state index is 13.0. The van der Waals surface area contributed by atoms with Gasteiger partial charge in [-0.2, -0.15) is 10.1 Å². The standard InChI is InChI=1S/C21H26N4O2/c1-4-5-10-27-15-8-6-14(7-9-15)19-18-16(11-21(2,3)12-17(18)26)24-20-22-13-23-25(19)20/h6-9,13,19H,4-5,10-12H2,1-3H3,(H,22,23,24)/t19-/m0/s1. The van der Waals surface area contributed by atoms with Crippen molar-refractivity contribution < 1.29 is 9.53 Å². The van der Waals surface area contributed by atoms with Gasteiger partial charge in [-0.15, -0.1) is 0 Å². The number of unbranched alkanes of at least 4 members (excludes halogenated alkanes) is 1. The number of ether oxygens (including phenoxy) is 1. The molecule has 1 aromatic carbocycles. The number of hydrogen-bond donors (Lipinski definition) is 1. The highest BCUT2D eigenvalue weighted by atomic mass is 16.5.